The van der Waals surface area contributed by atoms with Crippen LogP contribution in [0.3, 0.4) is 0 Å². The summed E-state index contributed by atoms with van der Waals surface area (Å²) >= 11 is 0. The molecule has 1 saturated heterocycles. The summed E-state index contributed by atoms with van der Waals surface area (Å²) < 4.78 is 32.8. The van der Waals surface area contributed by atoms with E-state index in [1.807, 2.05) is 44.2 Å². The van der Waals surface area contributed by atoms with Crippen LogP contribution in [0.4, 0.5) is 4.39 Å². The van der Waals surface area contributed by atoms with Gasteiger partial charge in [0.05, 0.1) is 30.1 Å². The molecule has 3 heterocycles. The molecule has 39 heavy (non-hydrogen) atoms. The highest BCUT2D eigenvalue weighted by atomic mass is 19.1. The Hall–Kier alpha value is -2.64. The molecule has 1 aromatic carbocycles. The molecule has 3 unspecified atom stereocenters. The van der Waals surface area contributed by atoms with Gasteiger partial charge in [-0.25, -0.2) is 14.4 Å². The van der Waals surface area contributed by atoms with Crippen molar-refractivity contribution in [1.82, 2.24) is 15.0 Å². The molecule has 0 amide bonds. The molecule has 1 spiro atoms. The zero-order valence-electron chi connectivity index (χ0n) is 23.4. The second-order valence-corrected chi connectivity index (χ2v) is 11.2. The zero-order valence-corrected chi connectivity index (χ0v) is 23.4. The molecule has 3 aliphatic carbocycles. The quantitative estimate of drug-likeness (QED) is 0.350. The number of hydrogen-bond acceptors (Lipinski definition) is 6. The van der Waals surface area contributed by atoms with Crippen LogP contribution in [-0.4, -0.2) is 40.1 Å². The monoisotopic (exact) mass is 533 g/mol. The lowest BCUT2D eigenvalue weighted by Gasteiger charge is -2.48. The van der Waals surface area contributed by atoms with Gasteiger partial charge in [0.15, 0.2) is 11.6 Å². The molecule has 3 atom stereocenters. The van der Waals surface area contributed by atoms with Gasteiger partial charge in [-0.2, -0.15) is 4.98 Å². The Morgan fingerprint density at radius 3 is 2.54 bits per heavy atom. The highest BCUT2D eigenvalue weighted by Crippen LogP contribution is 2.54. The highest BCUT2D eigenvalue weighted by molar-refractivity contribution is 5.93. The van der Waals surface area contributed by atoms with Crippen LogP contribution >= 0.6 is 0 Å². The van der Waals surface area contributed by atoms with Crippen LogP contribution in [0.25, 0.3) is 22.3 Å². The molecule has 0 bridgehead atoms. The van der Waals surface area contributed by atoms with E-state index in [2.05, 4.69) is 11.9 Å². The van der Waals surface area contributed by atoms with Crippen molar-refractivity contribution in [2.24, 2.45) is 11.8 Å². The van der Waals surface area contributed by atoms with Gasteiger partial charge < -0.3 is 14.2 Å². The largest absolute Gasteiger partial charge is 0.474 e. The second kappa shape index (κ2) is 11.1. The van der Waals surface area contributed by atoms with Crippen molar-refractivity contribution < 1.29 is 18.6 Å². The zero-order chi connectivity index (χ0) is 27.0. The molecule has 3 aromatic rings. The normalized spacial score (nSPS) is 25.7. The summed E-state index contributed by atoms with van der Waals surface area (Å²) in [6.07, 6.45) is 8.53. The lowest BCUT2D eigenvalue weighted by atomic mass is 9.63. The van der Waals surface area contributed by atoms with E-state index in [9.17, 15) is 4.39 Å². The van der Waals surface area contributed by atoms with Gasteiger partial charge in [-0.1, -0.05) is 39.0 Å². The van der Waals surface area contributed by atoms with E-state index >= 15 is 0 Å². The van der Waals surface area contributed by atoms with Crippen LogP contribution in [0.5, 0.6) is 5.88 Å². The number of hydrogen-bond donors (Lipinski definition) is 0. The van der Waals surface area contributed by atoms with E-state index in [4.69, 9.17) is 24.2 Å². The molecule has 3 fully saturated rings. The first-order valence-electron chi connectivity index (χ1n) is 15.0. The Morgan fingerprint density at radius 2 is 1.77 bits per heavy atom. The van der Waals surface area contributed by atoms with E-state index in [1.165, 1.54) is 12.8 Å². The van der Waals surface area contributed by atoms with Crippen molar-refractivity contribution in [3.8, 4) is 17.3 Å². The van der Waals surface area contributed by atoms with Gasteiger partial charge in [0.25, 0.3) is 0 Å². The first kappa shape index (κ1) is 26.6. The molecule has 6 nitrogen and oxygen atoms in total. The van der Waals surface area contributed by atoms with Crippen molar-refractivity contribution in [3.63, 3.8) is 0 Å². The van der Waals surface area contributed by atoms with Crippen molar-refractivity contribution in [3.05, 3.63) is 47.3 Å². The van der Waals surface area contributed by atoms with E-state index < -0.39 is 12.5 Å². The molecule has 4 aliphatic rings. The van der Waals surface area contributed by atoms with Gasteiger partial charge in [0.2, 0.25) is 5.88 Å². The van der Waals surface area contributed by atoms with Crippen LogP contribution in [0.2, 0.25) is 0 Å². The Balaban J connectivity index is 0.00000135. The molecule has 7 heteroatoms. The summed E-state index contributed by atoms with van der Waals surface area (Å²) in [6.45, 7) is 7.01. The Bertz CT molecular complexity index is 1320. The maximum atomic E-state index is 13.8. The van der Waals surface area contributed by atoms with Crippen molar-refractivity contribution >= 4 is 10.9 Å². The summed E-state index contributed by atoms with van der Waals surface area (Å²) in [5, 5.41) is 0.933. The summed E-state index contributed by atoms with van der Waals surface area (Å²) in [7, 11) is 0. The Morgan fingerprint density at radius 1 is 1.00 bits per heavy atom. The standard InChI is InChI=1S/C30H34FN3O3.C2H6/c1-18-21-10-11-24-27(23(21)12-13-30(18)35-14-15-36-30)33-28(34-29(24)37-20-6-2-3-7-20)25-16-19(17-31)32-26-9-5-4-8-22(25)26;1-2/h4-5,8-9,16,18,20-21,23H,2-3,6-7,10-15,17H2,1H3;1-2H3. The van der Waals surface area contributed by atoms with Crippen LogP contribution in [-0.2, 0) is 22.6 Å². The van der Waals surface area contributed by atoms with Gasteiger partial charge in [-0.15, -0.1) is 0 Å². The third-order valence-electron chi connectivity index (χ3n) is 9.24. The lowest BCUT2D eigenvalue weighted by Crippen LogP contribution is -2.48. The smallest absolute Gasteiger partial charge is 0.220 e. The van der Waals surface area contributed by atoms with Crippen molar-refractivity contribution in [1.29, 1.82) is 0 Å². The lowest BCUT2D eigenvalue weighted by molar-refractivity contribution is -0.226. The van der Waals surface area contributed by atoms with Crippen molar-refractivity contribution in [2.45, 2.75) is 96.6 Å². The van der Waals surface area contributed by atoms with Gasteiger partial charge in [0, 0.05) is 34.8 Å². The van der Waals surface area contributed by atoms with Crippen LogP contribution in [0.15, 0.2) is 30.3 Å². The topological polar surface area (TPSA) is 66.4 Å². The first-order valence-corrected chi connectivity index (χ1v) is 15.0. The minimum atomic E-state index is -0.626. The average Bonchev–Trinajstić information content (AvgIpc) is 3.68. The maximum Gasteiger partial charge on any atom is 0.220 e. The fraction of sp³-hybridized carbons (Fsp3) is 0.594. The number of rotatable bonds is 4. The SMILES string of the molecule is CC.CC1C2CCc3c(OC4CCCC4)nc(-c4cc(CF)nc5ccccc45)nc3C2CCC12OCCO2. The number of pyridine rings is 1. The van der Waals surface area contributed by atoms with Crippen LogP contribution in [0.1, 0.15) is 88.6 Å². The minimum Gasteiger partial charge on any atom is -0.474 e. The summed E-state index contributed by atoms with van der Waals surface area (Å²) in [4.78, 5) is 14.8. The summed E-state index contributed by atoms with van der Waals surface area (Å²) in [5.41, 5.74) is 4.25. The number of fused-ring (bicyclic) bond motifs is 4. The maximum absolute atomic E-state index is 13.8. The van der Waals surface area contributed by atoms with E-state index in [0.29, 0.717) is 42.5 Å². The number of para-hydroxylation sites is 1. The number of nitrogens with zero attached hydrogens (tertiary/aromatic N) is 3. The molecule has 0 radical (unpaired) electrons. The Kier molecular flexibility index (Phi) is 7.56. The highest BCUT2D eigenvalue weighted by Gasteiger charge is 2.53. The fourth-order valence-electron chi connectivity index (χ4n) is 7.34. The number of ether oxygens (including phenoxy) is 3. The predicted molar refractivity (Wildman–Crippen MR) is 149 cm³/mol. The minimum absolute atomic E-state index is 0.203. The summed E-state index contributed by atoms with van der Waals surface area (Å²) in [5.74, 6) is 1.92. The molecule has 2 saturated carbocycles. The molecular weight excluding hydrogens is 493 g/mol. The molecule has 2 aromatic heterocycles. The third kappa shape index (κ3) is 4.71. The summed E-state index contributed by atoms with van der Waals surface area (Å²) in [6, 6.07) is 9.66. The number of halogens is 1. The molecule has 0 N–H and O–H groups in total. The van der Waals surface area contributed by atoms with Gasteiger partial charge in [0.1, 0.15) is 12.8 Å². The van der Waals surface area contributed by atoms with E-state index in [-0.39, 0.29) is 6.10 Å². The van der Waals surface area contributed by atoms with Gasteiger partial charge >= 0.3 is 0 Å². The molecular formula is C32H40FN3O3. The Labute approximate surface area is 230 Å². The molecule has 208 valence electrons. The second-order valence-electron chi connectivity index (χ2n) is 11.2. The number of benzene rings is 1. The van der Waals surface area contributed by atoms with Gasteiger partial charge in [-0.05, 0) is 63.0 Å². The van der Waals surface area contributed by atoms with Crippen molar-refractivity contribution in [2.75, 3.05) is 13.2 Å². The van der Waals surface area contributed by atoms with E-state index in [0.717, 1.165) is 72.1 Å². The van der Waals surface area contributed by atoms with Crippen LogP contribution in [0, 0.1) is 11.8 Å². The molecule has 7 rings (SSSR count). The third-order valence-corrected chi connectivity index (χ3v) is 9.24. The average molecular weight is 534 g/mol. The fourth-order valence-corrected chi connectivity index (χ4v) is 7.34. The predicted octanol–water partition coefficient (Wildman–Crippen LogP) is 7.33. The number of alkyl halides is 1. The van der Waals surface area contributed by atoms with Gasteiger partial charge in [-0.3, -0.25) is 0 Å². The molecule has 1 aliphatic heterocycles. The number of aromatic nitrogens is 3. The van der Waals surface area contributed by atoms with E-state index in [1.54, 1.807) is 0 Å². The first-order chi connectivity index (χ1) is 19.1. The van der Waals surface area contributed by atoms with Crippen LogP contribution < -0.4 is 4.74 Å².